The van der Waals surface area contributed by atoms with Crippen LogP contribution in [0.1, 0.15) is 33.1 Å². The van der Waals surface area contributed by atoms with E-state index in [0.717, 1.165) is 6.42 Å². The molecule has 0 unspecified atom stereocenters. The number of carbonyl (C=O) groups is 2. The van der Waals surface area contributed by atoms with Crippen LogP contribution in [0.25, 0.3) is 0 Å². The molecule has 0 aromatic heterocycles. The first kappa shape index (κ1) is 15.4. The van der Waals surface area contributed by atoms with Crippen molar-refractivity contribution in [1.82, 2.24) is 0 Å². The van der Waals surface area contributed by atoms with Gasteiger partial charge >= 0.3 is 11.9 Å². The predicted octanol–water partition coefficient (Wildman–Crippen LogP) is 2.40. The van der Waals surface area contributed by atoms with Gasteiger partial charge in [-0.3, -0.25) is 0 Å². The number of ether oxygens (including phenoxy) is 2. The fraction of sp³-hybridized carbons (Fsp3) is 0.538. The van der Waals surface area contributed by atoms with Crippen molar-refractivity contribution in [2.75, 3.05) is 13.2 Å². The largest absolute Gasteiger partial charge is 0.463 e. The maximum Gasteiger partial charge on any atom is 0.333 e. The van der Waals surface area contributed by atoms with Gasteiger partial charge in [0, 0.05) is 11.6 Å². The van der Waals surface area contributed by atoms with Gasteiger partial charge in [-0.1, -0.05) is 12.7 Å². The van der Waals surface area contributed by atoms with Crippen molar-refractivity contribution in [2.24, 2.45) is 0 Å². The van der Waals surface area contributed by atoms with E-state index in [1.807, 2.05) is 0 Å². The molecule has 0 fully saturated rings. The van der Waals surface area contributed by atoms with Crippen LogP contribution in [0.4, 0.5) is 0 Å². The highest BCUT2D eigenvalue weighted by atomic mass is 16.5. The lowest BCUT2D eigenvalue weighted by molar-refractivity contribution is -0.139. The molecule has 0 radical (unpaired) electrons. The van der Waals surface area contributed by atoms with Crippen LogP contribution in [0.2, 0.25) is 0 Å². The zero-order valence-electron chi connectivity index (χ0n) is 10.5. The Hall–Kier alpha value is -1.58. The Morgan fingerprint density at radius 3 is 2.41 bits per heavy atom. The molecule has 0 atom stereocenters. The van der Waals surface area contributed by atoms with Gasteiger partial charge in [-0.05, 0) is 33.1 Å². The van der Waals surface area contributed by atoms with Gasteiger partial charge in [0.05, 0.1) is 13.2 Å². The second kappa shape index (κ2) is 9.63. The van der Waals surface area contributed by atoms with Crippen LogP contribution in [-0.4, -0.2) is 25.2 Å². The minimum atomic E-state index is -0.345. The fourth-order valence-corrected chi connectivity index (χ4v) is 1.14. The molecule has 0 aliphatic carbocycles. The van der Waals surface area contributed by atoms with Crippen molar-refractivity contribution in [3.63, 3.8) is 0 Å². The maximum atomic E-state index is 11.2. The summed E-state index contributed by atoms with van der Waals surface area (Å²) in [4.78, 5) is 22.1. The quantitative estimate of drug-likeness (QED) is 0.371. The molecule has 17 heavy (non-hydrogen) atoms. The first-order valence-electron chi connectivity index (χ1n) is 5.80. The normalized spacial score (nSPS) is 10.2. The molecule has 4 heteroatoms. The Morgan fingerprint density at radius 1 is 1.18 bits per heavy atom. The lowest BCUT2D eigenvalue weighted by Gasteiger charge is -2.03. The van der Waals surface area contributed by atoms with Gasteiger partial charge in [-0.25, -0.2) is 9.59 Å². The molecule has 0 bridgehead atoms. The van der Waals surface area contributed by atoms with E-state index in [4.69, 9.17) is 9.47 Å². The van der Waals surface area contributed by atoms with Crippen molar-refractivity contribution in [2.45, 2.75) is 33.1 Å². The summed E-state index contributed by atoms with van der Waals surface area (Å²) < 4.78 is 9.52. The van der Waals surface area contributed by atoms with Crippen LogP contribution in [0.15, 0.2) is 24.3 Å². The highest BCUT2D eigenvalue weighted by Crippen LogP contribution is 2.07. The number of rotatable bonds is 8. The molecule has 0 spiro atoms. The third-order valence-electron chi connectivity index (χ3n) is 1.95. The Bertz CT molecular complexity index is 292. The van der Waals surface area contributed by atoms with Crippen LogP contribution < -0.4 is 0 Å². The molecule has 0 aliphatic heterocycles. The average molecular weight is 240 g/mol. The topological polar surface area (TPSA) is 52.6 Å². The fourth-order valence-electron chi connectivity index (χ4n) is 1.14. The van der Waals surface area contributed by atoms with Gasteiger partial charge in [-0.15, -0.1) is 0 Å². The minimum absolute atomic E-state index is 0.336. The van der Waals surface area contributed by atoms with Crippen molar-refractivity contribution in [3.8, 4) is 0 Å². The molecular formula is C13H20O4. The molecule has 4 nitrogen and oxygen atoms in total. The molecule has 0 aromatic carbocycles. The highest BCUT2D eigenvalue weighted by Gasteiger charge is 2.06. The van der Waals surface area contributed by atoms with Crippen LogP contribution in [-0.2, 0) is 19.1 Å². The molecule has 0 aromatic rings. The molecule has 0 saturated carbocycles. The van der Waals surface area contributed by atoms with E-state index in [1.165, 1.54) is 6.08 Å². The summed E-state index contributed by atoms with van der Waals surface area (Å²) in [6.45, 7) is 7.90. The molecular weight excluding hydrogens is 220 g/mol. The van der Waals surface area contributed by atoms with Gasteiger partial charge in [-0.2, -0.15) is 0 Å². The van der Waals surface area contributed by atoms with Gasteiger partial charge in [0.2, 0.25) is 0 Å². The van der Waals surface area contributed by atoms with Crippen LogP contribution in [0, 0.1) is 0 Å². The number of allylic oxidation sites excluding steroid dienone is 1. The number of esters is 2. The summed E-state index contributed by atoms with van der Waals surface area (Å²) in [7, 11) is 0. The summed E-state index contributed by atoms with van der Waals surface area (Å²) in [6.07, 6.45) is 5.17. The number of unbranched alkanes of at least 4 members (excludes halogenated alkanes) is 1. The predicted molar refractivity (Wildman–Crippen MR) is 65.4 cm³/mol. The smallest absolute Gasteiger partial charge is 0.333 e. The van der Waals surface area contributed by atoms with E-state index in [2.05, 4.69) is 6.58 Å². The number of hydrogen-bond acceptors (Lipinski definition) is 4. The van der Waals surface area contributed by atoms with Crippen molar-refractivity contribution < 1.29 is 19.1 Å². The minimum Gasteiger partial charge on any atom is -0.463 e. The average Bonchev–Trinajstić information content (AvgIpc) is 2.29. The van der Waals surface area contributed by atoms with Gasteiger partial charge < -0.3 is 9.47 Å². The van der Waals surface area contributed by atoms with E-state index in [1.54, 1.807) is 19.9 Å². The Balaban J connectivity index is 3.67. The van der Waals surface area contributed by atoms with Gasteiger partial charge in [0.1, 0.15) is 0 Å². The van der Waals surface area contributed by atoms with E-state index >= 15 is 0 Å². The van der Waals surface area contributed by atoms with Gasteiger partial charge in [0.15, 0.2) is 0 Å². The lowest BCUT2D eigenvalue weighted by Crippen LogP contribution is -2.06. The molecule has 0 aliphatic rings. The lowest BCUT2D eigenvalue weighted by atomic mass is 10.1. The zero-order valence-corrected chi connectivity index (χ0v) is 10.5. The van der Waals surface area contributed by atoms with Crippen molar-refractivity contribution in [3.05, 3.63) is 24.3 Å². The Kier molecular flexibility index (Phi) is 8.74. The first-order chi connectivity index (χ1) is 8.11. The third-order valence-corrected chi connectivity index (χ3v) is 1.95. The monoisotopic (exact) mass is 240 g/mol. The van der Waals surface area contributed by atoms with Gasteiger partial charge in [0.25, 0.3) is 0 Å². The van der Waals surface area contributed by atoms with E-state index in [-0.39, 0.29) is 11.9 Å². The van der Waals surface area contributed by atoms with E-state index < -0.39 is 0 Å². The van der Waals surface area contributed by atoms with E-state index in [0.29, 0.717) is 31.6 Å². The summed E-state index contributed by atoms with van der Waals surface area (Å²) in [5.74, 6) is -0.682. The van der Waals surface area contributed by atoms with E-state index in [9.17, 15) is 9.59 Å². The molecule has 0 N–H and O–H groups in total. The summed E-state index contributed by atoms with van der Waals surface area (Å²) in [5.41, 5.74) is 0.469. The standard InChI is InChI=1S/C13H20O4/c1-4-16-12(14)10-8-6-7-9-11(3)13(15)17-5-2/h8,10H,3-7,9H2,1-2H3/b10-8+. The molecule has 0 amide bonds. The number of hydrogen-bond donors (Lipinski definition) is 0. The van der Waals surface area contributed by atoms with Crippen LogP contribution in [0.5, 0.6) is 0 Å². The molecule has 0 rings (SSSR count). The van der Waals surface area contributed by atoms with Crippen LogP contribution >= 0.6 is 0 Å². The second-order valence-electron chi connectivity index (χ2n) is 3.37. The second-order valence-corrected chi connectivity index (χ2v) is 3.37. The summed E-state index contributed by atoms with van der Waals surface area (Å²) >= 11 is 0. The first-order valence-corrected chi connectivity index (χ1v) is 5.80. The third kappa shape index (κ3) is 8.25. The summed E-state index contributed by atoms with van der Waals surface area (Å²) in [6, 6.07) is 0. The Morgan fingerprint density at radius 2 is 1.82 bits per heavy atom. The molecule has 0 heterocycles. The van der Waals surface area contributed by atoms with Crippen molar-refractivity contribution >= 4 is 11.9 Å². The molecule has 96 valence electrons. The van der Waals surface area contributed by atoms with Crippen molar-refractivity contribution in [1.29, 1.82) is 0 Å². The molecule has 0 saturated heterocycles. The maximum absolute atomic E-state index is 11.2. The summed E-state index contributed by atoms with van der Waals surface area (Å²) in [5, 5.41) is 0. The number of carbonyl (C=O) groups excluding carboxylic acids is 2. The van der Waals surface area contributed by atoms with Crippen LogP contribution in [0.3, 0.4) is 0 Å². The SMILES string of the molecule is C=C(CCC/C=C/C(=O)OCC)C(=O)OCC. The Labute approximate surface area is 102 Å². The highest BCUT2D eigenvalue weighted by molar-refractivity contribution is 5.87. The zero-order chi connectivity index (χ0) is 13.1.